The highest BCUT2D eigenvalue weighted by Gasteiger charge is 2.44. The van der Waals surface area contributed by atoms with E-state index in [2.05, 4.69) is 33.5 Å². The van der Waals surface area contributed by atoms with Crippen molar-refractivity contribution in [3.8, 4) is 5.75 Å². The Hall–Kier alpha value is -1.75. The molecule has 3 atom stereocenters. The molecular weight excluding hydrogens is 366 g/mol. The van der Waals surface area contributed by atoms with Gasteiger partial charge in [-0.15, -0.1) is 0 Å². The molecule has 5 heteroatoms. The predicted octanol–water partition coefficient (Wildman–Crippen LogP) is 6.35. The zero-order valence-corrected chi connectivity index (χ0v) is 19.0. The zero-order chi connectivity index (χ0) is 20.3. The lowest BCUT2D eigenvalue weighted by Crippen LogP contribution is -2.54. The molecule has 1 amide bonds. The zero-order valence-electron chi connectivity index (χ0n) is 18.0. The number of hydrogen-bond acceptors (Lipinski definition) is 3. The van der Waals surface area contributed by atoms with Crippen molar-refractivity contribution in [2.75, 3.05) is 0 Å². The van der Waals surface area contributed by atoms with Gasteiger partial charge in [0.15, 0.2) is 0 Å². The molecule has 0 unspecified atom stereocenters. The van der Waals surface area contributed by atoms with Crippen LogP contribution in [0.4, 0.5) is 4.79 Å². The SMILES string of the molecule is CCC[C@H]1CC(O[Si](C)(C)C)=C2[C@H](C)CCC[C@H]2N1C(=O)Oc1ccccc1. The fraction of sp³-hybridized carbons (Fsp3) is 0.609. The number of ether oxygens (including phenoxy) is 1. The van der Waals surface area contributed by atoms with Gasteiger partial charge in [-0.3, -0.25) is 4.90 Å². The fourth-order valence-electron chi connectivity index (χ4n) is 4.65. The highest BCUT2D eigenvalue weighted by atomic mass is 28.4. The first-order valence-electron chi connectivity index (χ1n) is 10.8. The van der Waals surface area contributed by atoms with Crippen LogP contribution in [0.3, 0.4) is 0 Å². The number of nitrogens with zero attached hydrogens (tertiary/aromatic N) is 1. The van der Waals surface area contributed by atoms with Crippen LogP contribution in [0, 0.1) is 5.92 Å². The molecule has 1 fully saturated rings. The number of rotatable bonds is 5. The predicted molar refractivity (Wildman–Crippen MR) is 116 cm³/mol. The van der Waals surface area contributed by atoms with Crippen LogP contribution in [0.15, 0.2) is 41.7 Å². The minimum Gasteiger partial charge on any atom is -0.547 e. The maximum Gasteiger partial charge on any atom is 0.416 e. The third-order valence-corrected chi connectivity index (χ3v) is 6.55. The van der Waals surface area contributed by atoms with E-state index in [4.69, 9.17) is 9.16 Å². The van der Waals surface area contributed by atoms with Gasteiger partial charge in [0.1, 0.15) is 5.75 Å². The van der Waals surface area contributed by atoms with E-state index in [0.29, 0.717) is 11.7 Å². The summed E-state index contributed by atoms with van der Waals surface area (Å²) in [5.74, 6) is 2.25. The summed E-state index contributed by atoms with van der Waals surface area (Å²) in [6.45, 7) is 11.2. The average molecular weight is 402 g/mol. The molecule has 1 aliphatic heterocycles. The van der Waals surface area contributed by atoms with E-state index in [0.717, 1.165) is 32.1 Å². The minimum atomic E-state index is -1.71. The second-order valence-electron chi connectivity index (χ2n) is 9.18. The second kappa shape index (κ2) is 8.72. The molecular formula is C23H35NO3Si. The highest BCUT2D eigenvalue weighted by Crippen LogP contribution is 2.43. The van der Waals surface area contributed by atoms with Gasteiger partial charge in [-0.05, 0) is 62.5 Å². The minimum absolute atomic E-state index is 0.108. The smallest absolute Gasteiger partial charge is 0.416 e. The molecule has 1 saturated carbocycles. The molecule has 0 N–H and O–H groups in total. The Kier molecular flexibility index (Phi) is 6.53. The fourth-order valence-corrected chi connectivity index (χ4v) is 5.59. The average Bonchev–Trinajstić information content (AvgIpc) is 2.61. The molecule has 0 spiro atoms. The number of fused-ring (bicyclic) bond motifs is 1. The van der Waals surface area contributed by atoms with Crippen molar-refractivity contribution in [2.24, 2.45) is 5.92 Å². The van der Waals surface area contributed by atoms with Crippen molar-refractivity contribution in [1.82, 2.24) is 4.90 Å². The van der Waals surface area contributed by atoms with Crippen LogP contribution in [-0.4, -0.2) is 31.4 Å². The molecule has 0 aromatic heterocycles. The van der Waals surface area contributed by atoms with Gasteiger partial charge >= 0.3 is 6.09 Å². The van der Waals surface area contributed by atoms with Gasteiger partial charge in [-0.25, -0.2) is 4.79 Å². The van der Waals surface area contributed by atoms with Gasteiger partial charge in [-0.2, -0.15) is 0 Å². The second-order valence-corrected chi connectivity index (χ2v) is 13.6. The van der Waals surface area contributed by atoms with Crippen molar-refractivity contribution in [2.45, 2.75) is 84.1 Å². The van der Waals surface area contributed by atoms with Gasteiger partial charge in [0, 0.05) is 12.5 Å². The molecule has 0 bridgehead atoms. The van der Waals surface area contributed by atoms with Crippen LogP contribution in [0.2, 0.25) is 19.6 Å². The van der Waals surface area contributed by atoms with Gasteiger partial charge in [-0.1, -0.05) is 44.9 Å². The third kappa shape index (κ3) is 4.80. The number of carbonyl (C=O) groups excluding carboxylic acids is 1. The number of benzene rings is 1. The molecule has 0 saturated heterocycles. The third-order valence-electron chi connectivity index (χ3n) is 5.69. The Bertz CT molecular complexity index is 710. The summed E-state index contributed by atoms with van der Waals surface area (Å²) in [6, 6.07) is 9.67. The number of hydrogen-bond donors (Lipinski definition) is 0. The number of amides is 1. The van der Waals surface area contributed by atoms with E-state index in [-0.39, 0.29) is 18.2 Å². The normalized spacial score (nSPS) is 25.3. The van der Waals surface area contributed by atoms with E-state index in [1.807, 2.05) is 35.2 Å². The number of carbonyl (C=O) groups is 1. The molecule has 1 aromatic rings. The molecule has 1 aliphatic carbocycles. The summed E-state index contributed by atoms with van der Waals surface area (Å²) in [5.41, 5.74) is 1.35. The molecule has 0 radical (unpaired) electrons. The van der Waals surface area contributed by atoms with E-state index in [1.54, 1.807) is 0 Å². The van der Waals surface area contributed by atoms with E-state index in [1.165, 1.54) is 17.8 Å². The van der Waals surface area contributed by atoms with E-state index < -0.39 is 8.32 Å². The molecule has 1 heterocycles. The maximum absolute atomic E-state index is 13.3. The lowest BCUT2D eigenvalue weighted by atomic mass is 9.76. The van der Waals surface area contributed by atoms with Crippen LogP contribution < -0.4 is 4.74 Å². The van der Waals surface area contributed by atoms with Crippen molar-refractivity contribution >= 4 is 14.4 Å². The summed E-state index contributed by atoms with van der Waals surface area (Å²) in [6.07, 6.45) is 5.93. The Balaban J connectivity index is 1.95. The van der Waals surface area contributed by atoms with Crippen molar-refractivity contribution in [3.05, 3.63) is 41.7 Å². The summed E-state index contributed by atoms with van der Waals surface area (Å²) >= 11 is 0. The largest absolute Gasteiger partial charge is 0.547 e. The first kappa shape index (κ1) is 21.0. The van der Waals surface area contributed by atoms with Gasteiger partial charge in [0.25, 0.3) is 0 Å². The van der Waals surface area contributed by atoms with E-state index in [9.17, 15) is 4.79 Å². The van der Waals surface area contributed by atoms with Crippen LogP contribution >= 0.6 is 0 Å². The maximum atomic E-state index is 13.3. The molecule has 28 heavy (non-hydrogen) atoms. The molecule has 2 aliphatic rings. The standard InChI is InChI=1S/C23H35NO3Si/c1-6-11-18-16-21(27-28(3,4)5)22-17(2)12-10-15-20(22)24(18)23(25)26-19-13-8-7-9-14-19/h7-9,13-14,17-18,20H,6,10-12,15-16H2,1-5H3/t17-,18+,20-/m1/s1. The topological polar surface area (TPSA) is 38.8 Å². The Morgan fingerprint density at radius 3 is 2.54 bits per heavy atom. The quantitative estimate of drug-likeness (QED) is 0.539. The Labute approximate surface area is 171 Å². The van der Waals surface area contributed by atoms with Crippen LogP contribution in [0.1, 0.15) is 52.4 Å². The van der Waals surface area contributed by atoms with Crippen molar-refractivity contribution in [1.29, 1.82) is 0 Å². The Morgan fingerprint density at radius 2 is 1.89 bits per heavy atom. The van der Waals surface area contributed by atoms with Gasteiger partial charge < -0.3 is 9.16 Å². The molecule has 154 valence electrons. The lowest BCUT2D eigenvalue weighted by Gasteiger charge is -2.48. The van der Waals surface area contributed by atoms with Gasteiger partial charge in [0.2, 0.25) is 8.32 Å². The number of para-hydroxylation sites is 1. The Morgan fingerprint density at radius 1 is 1.18 bits per heavy atom. The van der Waals surface area contributed by atoms with E-state index >= 15 is 0 Å². The monoisotopic (exact) mass is 401 g/mol. The van der Waals surface area contributed by atoms with Gasteiger partial charge in [0.05, 0.1) is 11.8 Å². The summed E-state index contributed by atoms with van der Waals surface area (Å²) in [7, 11) is -1.71. The summed E-state index contributed by atoms with van der Waals surface area (Å²) in [4.78, 5) is 15.3. The molecule has 3 rings (SSSR count). The first-order valence-corrected chi connectivity index (χ1v) is 14.2. The first-order chi connectivity index (χ1) is 13.3. The van der Waals surface area contributed by atoms with Crippen molar-refractivity contribution < 1.29 is 14.0 Å². The summed E-state index contributed by atoms with van der Waals surface area (Å²) < 4.78 is 12.4. The molecule has 4 nitrogen and oxygen atoms in total. The van der Waals surface area contributed by atoms with Crippen LogP contribution in [-0.2, 0) is 4.43 Å². The summed E-state index contributed by atoms with van der Waals surface area (Å²) in [5, 5.41) is 0. The lowest BCUT2D eigenvalue weighted by molar-refractivity contribution is 0.0794. The van der Waals surface area contributed by atoms with Crippen LogP contribution in [0.5, 0.6) is 5.75 Å². The van der Waals surface area contributed by atoms with Crippen molar-refractivity contribution in [3.63, 3.8) is 0 Å². The highest BCUT2D eigenvalue weighted by molar-refractivity contribution is 6.70. The molecule has 1 aromatic carbocycles. The van der Waals surface area contributed by atoms with Crippen LogP contribution in [0.25, 0.3) is 0 Å².